The molecule has 0 radical (unpaired) electrons. The third-order valence-corrected chi connectivity index (χ3v) is 3.43. The number of hydrogen-bond acceptors (Lipinski definition) is 4. The van der Waals surface area contributed by atoms with Crippen molar-refractivity contribution in [3.8, 4) is 0 Å². The summed E-state index contributed by atoms with van der Waals surface area (Å²) in [4.78, 5) is 6.75. The predicted molar refractivity (Wildman–Crippen MR) is 69.1 cm³/mol. The van der Waals surface area contributed by atoms with Crippen LogP contribution in [0.3, 0.4) is 0 Å². The highest BCUT2D eigenvalue weighted by Crippen LogP contribution is 2.22. The van der Waals surface area contributed by atoms with E-state index in [4.69, 9.17) is 10.5 Å². The summed E-state index contributed by atoms with van der Waals surface area (Å²) in [5.74, 6) is 0. The molecule has 1 fully saturated rings. The van der Waals surface area contributed by atoms with E-state index in [0.29, 0.717) is 6.10 Å². The Balaban J connectivity index is 2.03. The molecule has 1 aromatic rings. The summed E-state index contributed by atoms with van der Waals surface area (Å²) in [6.45, 7) is 4.07. The number of rotatable bonds is 4. The maximum Gasteiger partial charge on any atom is 0.0762 e. The number of hydrogen-bond donors (Lipinski definition) is 1. The average molecular weight is 235 g/mol. The fourth-order valence-corrected chi connectivity index (χ4v) is 2.17. The van der Waals surface area contributed by atoms with Gasteiger partial charge in [0, 0.05) is 26.2 Å². The van der Waals surface area contributed by atoms with Crippen molar-refractivity contribution in [2.75, 3.05) is 25.1 Å². The Bertz CT molecular complexity index is 352. The van der Waals surface area contributed by atoms with Crippen LogP contribution >= 0.6 is 0 Å². The topological polar surface area (TPSA) is 51.4 Å². The normalized spacial score (nSPS) is 21.8. The van der Waals surface area contributed by atoms with E-state index in [9.17, 15) is 0 Å². The molecular weight excluding hydrogens is 214 g/mol. The molecule has 1 aromatic heterocycles. The number of aromatic nitrogens is 1. The summed E-state index contributed by atoms with van der Waals surface area (Å²) in [6.07, 6.45) is 4.28. The Hall–Kier alpha value is -1.13. The molecule has 4 nitrogen and oxygen atoms in total. The summed E-state index contributed by atoms with van der Waals surface area (Å²) in [5.41, 5.74) is 8.08. The molecule has 2 rings (SSSR count). The maximum atomic E-state index is 5.95. The van der Waals surface area contributed by atoms with E-state index >= 15 is 0 Å². The van der Waals surface area contributed by atoms with E-state index in [1.807, 2.05) is 12.3 Å². The van der Waals surface area contributed by atoms with Crippen LogP contribution in [0.5, 0.6) is 0 Å². The number of methoxy groups -OCH3 is 1. The van der Waals surface area contributed by atoms with Crippen LogP contribution in [0.25, 0.3) is 0 Å². The Morgan fingerprint density at radius 3 is 2.94 bits per heavy atom. The van der Waals surface area contributed by atoms with Crippen LogP contribution in [0.4, 0.5) is 5.69 Å². The zero-order chi connectivity index (χ0) is 12.3. The monoisotopic (exact) mass is 235 g/mol. The van der Waals surface area contributed by atoms with E-state index < -0.39 is 0 Å². The van der Waals surface area contributed by atoms with Crippen molar-refractivity contribution in [1.29, 1.82) is 0 Å². The van der Waals surface area contributed by atoms with Crippen molar-refractivity contribution in [3.05, 3.63) is 24.0 Å². The fraction of sp³-hybridized carbons (Fsp3) is 0.615. The van der Waals surface area contributed by atoms with Gasteiger partial charge in [-0.3, -0.25) is 4.98 Å². The zero-order valence-corrected chi connectivity index (χ0v) is 10.6. The lowest BCUT2D eigenvalue weighted by atomic mass is 10.1. The van der Waals surface area contributed by atoms with Gasteiger partial charge in [0.15, 0.2) is 0 Å². The molecule has 4 heteroatoms. The largest absolute Gasteiger partial charge is 0.380 e. The first-order valence-corrected chi connectivity index (χ1v) is 6.24. The van der Waals surface area contributed by atoms with Crippen LogP contribution in [0.15, 0.2) is 18.3 Å². The van der Waals surface area contributed by atoms with Gasteiger partial charge in [-0.15, -0.1) is 0 Å². The van der Waals surface area contributed by atoms with Gasteiger partial charge in [-0.05, 0) is 25.0 Å². The van der Waals surface area contributed by atoms with Crippen molar-refractivity contribution in [2.45, 2.75) is 31.9 Å². The van der Waals surface area contributed by atoms with Crippen molar-refractivity contribution in [3.63, 3.8) is 0 Å². The first-order chi connectivity index (χ1) is 8.24. The quantitative estimate of drug-likeness (QED) is 0.863. The third-order valence-electron chi connectivity index (χ3n) is 3.43. The summed E-state index contributed by atoms with van der Waals surface area (Å²) < 4.78 is 5.36. The van der Waals surface area contributed by atoms with E-state index in [1.165, 1.54) is 0 Å². The van der Waals surface area contributed by atoms with Crippen LogP contribution < -0.4 is 10.6 Å². The first kappa shape index (κ1) is 12.3. The highest BCUT2D eigenvalue weighted by Gasteiger charge is 2.22. The fourth-order valence-electron chi connectivity index (χ4n) is 2.17. The number of anilines is 1. The smallest absolute Gasteiger partial charge is 0.0762 e. The first-order valence-electron chi connectivity index (χ1n) is 6.24. The lowest BCUT2D eigenvalue weighted by molar-refractivity contribution is 0.121. The minimum absolute atomic E-state index is 0.0503. The van der Waals surface area contributed by atoms with E-state index in [-0.39, 0.29) is 6.04 Å². The highest BCUT2D eigenvalue weighted by atomic mass is 16.5. The lowest BCUT2D eigenvalue weighted by Crippen LogP contribution is -2.22. The van der Waals surface area contributed by atoms with Crippen molar-refractivity contribution >= 4 is 5.69 Å². The van der Waals surface area contributed by atoms with Gasteiger partial charge in [-0.25, -0.2) is 0 Å². The lowest BCUT2D eigenvalue weighted by Gasteiger charge is -2.18. The van der Waals surface area contributed by atoms with Crippen molar-refractivity contribution in [1.82, 2.24) is 4.98 Å². The molecule has 0 aliphatic carbocycles. The van der Waals surface area contributed by atoms with Crippen LogP contribution in [-0.4, -0.2) is 31.3 Å². The molecule has 1 aliphatic heterocycles. The van der Waals surface area contributed by atoms with E-state index in [1.54, 1.807) is 7.11 Å². The maximum absolute atomic E-state index is 5.95. The Kier molecular flexibility index (Phi) is 3.97. The van der Waals surface area contributed by atoms with E-state index in [0.717, 1.165) is 37.3 Å². The summed E-state index contributed by atoms with van der Waals surface area (Å²) in [6, 6.07) is 4.19. The van der Waals surface area contributed by atoms with Gasteiger partial charge in [0.25, 0.3) is 0 Å². The minimum atomic E-state index is 0.0503. The van der Waals surface area contributed by atoms with Gasteiger partial charge in [0.2, 0.25) is 0 Å². The van der Waals surface area contributed by atoms with Gasteiger partial charge in [0.1, 0.15) is 0 Å². The second kappa shape index (κ2) is 5.47. The molecule has 2 heterocycles. The van der Waals surface area contributed by atoms with Gasteiger partial charge in [-0.2, -0.15) is 0 Å². The molecule has 1 saturated heterocycles. The van der Waals surface area contributed by atoms with Crippen LogP contribution in [0, 0.1) is 0 Å². The zero-order valence-electron chi connectivity index (χ0n) is 10.6. The number of nitrogens with two attached hydrogens (primary N) is 1. The predicted octanol–water partition coefficient (Wildman–Crippen LogP) is 1.72. The second-order valence-electron chi connectivity index (χ2n) is 4.55. The van der Waals surface area contributed by atoms with Gasteiger partial charge >= 0.3 is 0 Å². The summed E-state index contributed by atoms with van der Waals surface area (Å²) in [5, 5.41) is 0. The van der Waals surface area contributed by atoms with Gasteiger partial charge in [-0.1, -0.05) is 6.92 Å². The molecule has 2 atom stereocenters. The standard InChI is InChI=1S/C13H21N3O/c1-3-12(14)13-5-4-10(8-15-13)16-7-6-11(9-16)17-2/h4-5,8,11-12H,3,6-7,9,14H2,1-2H3. The van der Waals surface area contributed by atoms with Crippen LogP contribution in [0.1, 0.15) is 31.5 Å². The Labute approximate surface area is 103 Å². The Morgan fingerprint density at radius 2 is 2.41 bits per heavy atom. The molecule has 2 N–H and O–H groups in total. The van der Waals surface area contributed by atoms with Crippen molar-refractivity contribution in [2.24, 2.45) is 5.73 Å². The van der Waals surface area contributed by atoms with Gasteiger partial charge in [0.05, 0.1) is 23.7 Å². The highest BCUT2D eigenvalue weighted by molar-refractivity contribution is 5.46. The van der Waals surface area contributed by atoms with E-state index in [2.05, 4.69) is 22.9 Å². The number of ether oxygens (including phenoxy) is 1. The molecule has 0 amide bonds. The molecule has 0 spiro atoms. The molecule has 0 aromatic carbocycles. The molecule has 17 heavy (non-hydrogen) atoms. The third kappa shape index (κ3) is 2.76. The molecule has 1 aliphatic rings. The van der Waals surface area contributed by atoms with Crippen LogP contribution in [0.2, 0.25) is 0 Å². The van der Waals surface area contributed by atoms with Crippen molar-refractivity contribution < 1.29 is 4.74 Å². The summed E-state index contributed by atoms with van der Waals surface area (Å²) >= 11 is 0. The molecular formula is C13H21N3O. The number of pyridine rings is 1. The van der Waals surface area contributed by atoms with Crippen LogP contribution in [-0.2, 0) is 4.74 Å². The SMILES string of the molecule is CCC(N)c1ccc(N2CCC(OC)C2)cn1. The second-order valence-corrected chi connectivity index (χ2v) is 4.55. The average Bonchev–Trinajstić information content (AvgIpc) is 2.87. The number of nitrogens with zero attached hydrogens (tertiary/aromatic N) is 2. The minimum Gasteiger partial charge on any atom is -0.380 e. The molecule has 0 saturated carbocycles. The van der Waals surface area contributed by atoms with Gasteiger partial charge < -0.3 is 15.4 Å². The molecule has 94 valence electrons. The Morgan fingerprint density at radius 1 is 1.59 bits per heavy atom. The summed E-state index contributed by atoms with van der Waals surface area (Å²) in [7, 11) is 1.77. The molecule has 0 bridgehead atoms. The molecule has 2 unspecified atom stereocenters.